The number of aromatic nitrogens is 8. The van der Waals surface area contributed by atoms with Gasteiger partial charge in [0.1, 0.15) is 0 Å². The second-order valence-electron chi connectivity index (χ2n) is 16.9. The van der Waals surface area contributed by atoms with Crippen molar-refractivity contribution >= 4 is 55.7 Å². The zero-order chi connectivity index (χ0) is 37.9. The van der Waals surface area contributed by atoms with Gasteiger partial charge in [-0.15, -0.1) is 35.7 Å². The Labute approximate surface area is 320 Å². The minimum absolute atomic E-state index is 0. The van der Waals surface area contributed by atoms with E-state index < -0.39 is 6.85 Å². The summed E-state index contributed by atoms with van der Waals surface area (Å²) in [6, 6.07) is 22.1. The third kappa shape index (κ3) is 4.01. The predicted octanol–water partition coefficient (Wildman–Crippen LogP) is 9.25. The summed E-state index contributed by atoms with van der Waals surface area (Å²) in [4.78, 5) is 19.5. The van der Waals surface area contributed by atoms with Crippen LogP contribution in [0.25, 0.3) is 55.7 Å². The van der Waals surface area contributed by atoms with Gasteiger partial charge in [0.15, 0.2) is 0 Å². The monoisotopic (exact) mass is 866 g/mol. The molecule has 265 valence electrons. The summed E-state index contributed by atoms with van der Waals surface area (Å²) in [5.74, 6) is 2.57. The number of hydrogen-bond donors (Lipinski definition) is 0. The molecule has 0 saturated heterocycles. The van der Waals surface area contributed by atoms with Crippen LogP contribution in [0, 0.1) is 19.0 Å². The van der Waals surface area contributed by atoms with Gasteiger partial charge in [-0.3, -0.25) is 23.2 Å². The molecular formula is C43H42IrN8-2. The Bertz CT molecular complexity index is 3060. The van der Waals surface area contributed by atoms with Gasteiger partial charge in [0.25, 0.3) is 0 Å². The van der Waals surface area contributed by atoms with E-state index in [1.165, 1.54) is 11.4 Å². The van der Waals surface area contributed by atoms with Crippen molar-refractivity contribution in [2.45, 2.75) is 96.7 Å². The summed E-state index contributed by atoms with van der Waals surface area (Å²) in [6.45, 7) is 16.0. The van der Waals surface area contributed by atoms with Crippen LogP contribution in [0.4, 0.5) is 0 Å². The number of hydrogen-bond acceptors (Lipinski definition) is 4. The number of nitrogens with zero attached hydrogens (tertiary/aromatic N) is 8. The second-order valence-corrected chi connectivity index (χ2v) is 16.9. The SMILES string of the molecule is CC1(C)CCC(C)(C)c2c1nc1n3ccnc3n3c4[c-]cccc4nc3n21.[2H]C([2H])([2H])c1ccc2c3c1c1ccc[c-]c1c1ncc(n13)C(C)(C)C2(C)C.[Ir]. The fraction of sp³-hybridized carbons (Fsp3) is 0.349. The molecule has 52 heavy (non-hydrogen) atoms. The number of benzene rings is 3. The van der Waals surface area contributed by atoms with Gasteiger partial charge in [-0.1, -0.05) is 78.5 Å². The molecule has 9 aromatic rings. The fourth-order valence-corrected chi connectivity index (χ4v) is 8.90. The minimum atomic E-state index is -2.19. The van der Waals surface area contributed by atoms with Gasteiger partial charge in [-0.25, -0.2) is 9.97 Å². The Morgan fingerprint density at radius 2 is 1.54 bits per heavy atom. The maximum absolute atomic E-state index is 8.12. The summed E-state index contributed by atoms with van der Waals surface area (Å²) in [5, 5.41) is 2.57. The van der Waals surface area contributed by atoms with Crippen molar-refractivity contribution in [1.29, 1.82) is 0 Å². The quantitative estimate of drug-likeness (QED) is 0.113. The fourth-order valence-electron chi connectivity index (χ4n) is 8.90. The van der Waals surface area contributed by atoms with Crippen LogP contribution in [0.2, 0.25) is 0 Å². The Kier molecular flexibility index (Phi) is 6.05. The molecule has 7 heterocycles. The number of aryl methyl sites for hydroxylation is 1. The van der Waals surface area contributed by atoms with Crippen LogP contribution in [-0.2, 0) is 41.8 Å². The van der Waals surface area contributed by atoms with Gasteiger partial charge in [0.05, 0.1) is 17.0 Å². The first kappa shape index (κ1) is 29.9. The van der Waals surface area contributed by atoms with Crippen molar-refractivity contribution in [3.05, 3.63) is 107 Å². The van der Waals surface area contributed by atoms with E-state index in [2.05, 4.69) is 90.1 Å². The number of imidazole rings is 4. The molecule has 2 aliphatic rings. The van der Waals surface area contributed by atoms with Crippen LogP contribution in [-0.4, -0.2) is 37.5 Å². The van der Waals surface area contributed by atoms with Gasteiger partial charge in [-0.05, 0) is 41.7 Å². The molecule has 0 spiro atoms. The molecule has 6 aromatic heterocycles. The van der Waals surface area contributed by atoms with Crippen LogP contribution < -0.4 is 0 Å². The normalized spacial score (nSPS) is 19.1. The molecule has 0 saturated carbocycles. The summed E-state index contributed by atoms with van der Waals surface area (Å²) < 4.78 is 32.9. The van der Waals surface area contributed by atoms with E-state index in [4.69, 9.17) is 19.1 Å². The van der Waals surface area contributed by atoms with E-state index in [9.17, 15) is 0 Å². The molecule has 1 aliphatic heterocycles. The Morgan fingerprint density at radius 1 is 0.769 bits per heavy atom. The molecular weight excluding hydrogens is 821 g/mol. The van der Waals surface area contributed by atoms with Gasteiger partial charge in [-0.2, -0.15) is 18.2 Å². The summed E-state index contributed by atoms with van der Waals surface area (Å²) in [5.41, 5.74) is 8.54. The van der Waals surface area contributed by atoms with Crippen molar-refractivity contribution in [3.63, 3.8) is 0 Å². The standard InChI is InChI=1S/C22H21N2.C21H21N6.Ir/c1-13-10-11-16-19-18(13)14-8-6-7-9-15(14)20-23-12-17(24(19)20)22(4,5)21(16,2)3;1-20(2)9-10-21(3,4)16-15(20)24-18-25-12-11-22-17(25)26-14-8-6-5-7-13(14)23-19(26)27(16)18;/h6-8,10-12H,1-5H3;5-7,11-12H,9-10H2,1-4H3;/q2*-1;/i1D3;;. The van der Waals surface area contributed by atoms with Crippen molar-refractivity contribution < 1.29 is 24.2 Å². The zero-order valence-corrected chi connectivity index (χ0v) is 33.1. The smallest absolute Gasteiger partial charge is 0.224 e. The van der Waals surface area contributed by atoms with E-state index >= 15 is 0 Å². The molecule has 0 fully saturated rings. The summed E-state index contributed by atoms with van der Waals surface area (Å²) >= 11 is 0. The van der Waals surface area contributed by atoms with Gasteiger partial charge < -0.3 is 4.40 Å². The molecule has 3 aromatic carbocycles. The van der Waals surface area contributed by atoms with Crippen molar-refractivity contribution in [3.8, 4) is 0 Å². The molecule has 11 rings (SSSR count). The molecule has 0 atom stereocenters. The molecule has 1 aliphatic carbocycles. The van der Waals surface area contributed by atoms with E-state index in [-0.39, 0.29) is 41.8 Å². The summed E-state index contributed by atoms with van der Waals surface area (Å²) in [6.07, 6.45) is 8.01. The van der Waals surface area contributed by atoms with E-state index in [0.717, 1.165) is 79.8 Å². The van der Waals surface area contributed by atoms with Crippen molar-refractivity contribution in [1.82, 2.24) is 37.5 Å². The molecule has 0 amide bonds. The van der Waals surface area contributed by atoms with Crippen molar-refractivity contribution in [2.24, 2.45) is 0 Å². The molecule has 9 heteroatoms. The largest absolute Gasteiger partial charge is 0.336 e. The van der Waals surface area contributed by atoms with E-state index in [0.29, 0.717) is 5.56 Å². The Morgan fingerprint density at radius 3 is 2.35 bits per heavy atom. The van der Waals surface area contributed by atoms with Crippen LogP contribution in [0.3, 0.4) is 0 Å². The van der Waals surface area contributed by atoms with Crippen LogP contribution >= 0.6 is 0 Å². The Balaban J connectivity index is 0.000000142. The zero-order valence-electron chi connectivity index (χ0n) is 33.7. The summed E-state index contributed by atoms with van der Waals surface area (Å²) in [7, 11) is 0. The van der Waals surface area contributed by atoms with E-state index in [1.807, 2.05) is 61.1 Å². The number of para-hydroxylation sites is 1. The van der Waals surface area contributed by atoms with Gasteiger partial charge in [0, 0.05) is 75.7 Å². The average molecular weight is 866 g/mol. The molecule has 8 nitrogen and oxygen atoms in total. The molecule has 0 N–H and O–H groups in total. The predicted molar refractivity (Wildman–Crippen MR) is 204 cm³/mol. The van der Waals surface area contributed by atoms with Gasteiger partial charge in [0.2, 0.25) is 17.3 Å². The third-order valence-corrected chi connectivity index (χ3v) is 12.6. The van der Waals surface area contributed by atoms with Crippen LogP contribution in [0.5, 0.6) is 0 Å². The number of rotatable bonds is 0. The van der Waals surface area contributed by atoms with Crippen LogP contribution in [0.1, 0.15) is 101 Å². The maximum atomic E-state index is 8.12. The minimum Gasteiger partial charge on any atom is -0.336 e. The first-order valence-corrected chi connectivity index (χ1v) is 17.8. The number of fused-ring (bicyclic) bond motifs is 13. The topological polar surface area (TPSA) is 69.2 Å². The van der Waals surface area contributed by atoms with Crippen molar-refractivity contribution in [2.75, 3.05) is 0 Å². The van der Waals surface area contributed by atoms with Gasteiger partial charge >= 0.3 is 0 Å². The first-order chi connectivity index (χ1) is 25.4. The van der Waals surface area contributed by atoms with Crippen LogP contribution in [0.15, 0.2) is 67.1 Å². The second kappa shape index (κ2) is 10.5. The molecule has 0 unspecified atom stereocenters. The Hall–Kier alpha value is -4.59. The molecule has 0 bridgehead atoms. The van der Waals surface area contributed by atoms with E-state index in [1.54, 1.807) is 6.07 Å². The molecule has 1 radical (unpaired) electrons. The maximum Gasteiger partial charge on any atom is 0.224 e. The average Bonchev–Trinajstić information content (AvgIpc) is 3.92. The third-order valence-electron chi connectivity index (χ3n) is 12.6. The first-order valence-electron chi connectivity index (χ1n) is 19.3. The number of pyridine rings is 1.